The minimum atomic E-state index is -0.736. The van der Waals surface area contributed by atoms with Crippen LogP contribution in [0.3, 0.4) is 0 Å². The smallest absolute Gasteiger partial charge is 0.259 e. The van der Waals surface area contributed by atoms with Crippen molar-refractivity contribution in [2.45, 2.75) is 45.6 Å². The lowest BCUT2D eigenvalue weighted by molar-refractivity contribution is -0.128. The van der Waals surface area contributed by atoms with Gasteiger partial charge in [0.1, 0.15) is 17.6 Å². The Morgan fingerprint density at radius 1 is 1.14 bits per heavy atom. The first-order chi connectivity index (χ1) is 13.8. The van der Waals surface area contributed by atoms with E-state index in [9.17, 15) is 18.8 Å². The van der Waals surface area contributed by atoms with Crippen molar-refractivity contribution in [3.63, 3.8) is 0 Å². The monoisotopic (exact) mass is 401 g/mol. The summed E-state index contributed by atoms with van der Waals surface area (Å²) in [6.07, 6.45) is 5.12. The molecule has 29 heavy (non-hydrogen) atoms. The van der Waals surface area contributed by atoms with Crippen LogP contribution in [0.5, 0.6) is 0 Å². The molecule has 0 aliphatic heterocycles. The van der Waals surface area contributed by atoms with E-state index in [1.165, 1.54) is 24.5 Å². The van der Waals surface area contributed by atoms with E-state index in [0.717, 1.165) is 31.7 Å². The van der Waals surface area contributed by atoms with Gasteiger partial charge >= 0.3 is 0 Å². The van der Waals surface area contributed by atoms with Gasteiger partial charge in [-0.05, 0) is 51.0 Å². The summed E-state index contributed by atoms with van der Waals surface area (Å²) in [4.78, 5) is 36.8. The SMILES string of the molecule is Cc1occc1C(=O)Nc1cc(NC(=O)[C@H](C)NC(=O)C2CCCC2)ccc1F. The normalized spacial score (nSPS) is 15.0. The fraction of sp³-hybridized carbons (Fsp3) is 0.381. The number of nitrogens with one attached hydrogen (secondary N) is 3. The molecule has 0 spiro atoms. The van der Waals surface area contributed by atoms with Gasteiger partial charge in [-0.25, -0.2) is 4.39 Å². The Labute approximate surface area is 168 Å². The molecular weight excluding hydrogens is 377 g/mol. The molecule has 1 aliphatic rings. The van der Waals surface area contributed by atoms with Crippen LogP contribution < -0.4 is 16.0 Å². The zero-order valence-electron chi connectivity index (χ0n) is 16.4. The Bertz CT molecular complexity index is 918. The molecule has 1 aromatic heterocycles. The zero-order chi connectivity index (χ0) is 21.0. The lowest BCUT2D eigenvalue weighted by atomic mass is 10.1. The van der Waals surface area contributed by atoms with Gasteiger partial charge in [0, 0.05) is 11.6 Å². The molecule has 8 heteroatoms. The van der Waals surface area contributed by atoms with E-state index in [1.54, 1.807) is 13.8 Å². The summed E-state index contributed by atoms with van der Waals surface area (Å²) in [6, 6.07) is 4.61. The number of hydrogen-bond acceptors (Lipinski definition) is 4. The lowest BCUT2D eigenvalue weighted by Crippen LogP contribution is -2.43. The second kappa shape index (κ2) is 8.89. The van der Waals surface area contributed by atoms with E-state index in [2.05, 4.69) is 16.0 Å². The molecule has 0 bridgehead atoms. The largest absolute Gasteiger partial charge is 0.469 e. The summed E-state index contributed by atoms with van der Waals surface area (Å²) < 4.78 is 19.2. The first-order valence-electron chi connectivity index (χ1n) is 9.61. The fourth-order valence-electron chi connectivity index (χ4n) is 3.34. The molecule has 0 unspecified atom stereocenters. The van der Waals surface area contributed by atoms with E-state index in [0.29, 0.717) is 17.0 Å². The van der Waals surface area contributed by atoms with Gasteiger partial charge < -0.3 is 20.4 Å². The number of benzene rings is 1. The number of aryl methyl sites for hydroxylation is 1. The van der Waals surface area contributed by atoms with Gasteiger partial charge in [0.2, 0.25) is 11.8 Å². The van der Waals surface area contributed by atoms with E-state index in [4.69, 9.17) is 4.42 Å². The standard InChI is InChI=1S/C21H24FN3O4/c1-12(23-20(27)14-5-3-4-6-14)19(26)24-15-7-8-17(22)18(11-15)25-21(28)16-9-10-29-13(16)2/h7-12,14H,3-6H2,1-2H3,(H,23,27)(H,24,26)(H,25,28)/t12-/m0/s1. The highest BCUT2D eigenvalue weighted by Crippen LogP contribution is 2.25. The van der Waals surface area contributed by atoms with Crippen LogP contribution in [0.4, 0.5) is 15.8 Å². The highest BCUT2D eigenvalue weighted by atomic mass is 19.1. The molecule has 3 amide bonds. The Hall–Kier alpha value is -3.16. The van der Waals surface area contributed by atoms with E-state index >= 15 is 0 Å². The maximum absolute atomic E-state index is 14.1. The molecule has 1 saturated carbocycles. The number of carbonyl (C=O) groups is 3. The van der Waals surface area contributed by atoms with Crippen molar-refractivity contribution in [1.29, 1.82) is 0 Å². The van der Waals surface area contributed by atoms with Crippen LogP contribution in [0, 0.1) is 18.7 Å². The predicted octanol–water partition coefficient (Wildman–Crippen LogP) is 3.61. The van der Waals surface area contributed by atoms with Crippen molar-refractivity contribution in [3.05, 3.63) is 47.7 Å². The third-order valence-electron chi connectivity index (χ3n) is 5.06. The lowest BCUT2D eigenvalue weighted by Gasteiger charge is -2.17. The van der Waals surface area contributed by atoms with Crippen LogP contribution >= 0.6 is 0 Å². The molecule has 2 aromatic rings. The average Bonchev–Trinajstić information content (AvgIpc) is 3.36. The molecule has 3 rings (SSSR count). The Morgan fingerprint density at radius 3 is 2.52 bits per heavy atom. The van der Waals surface area contributed by atoms with Crippen molar-refractivity contribution in [2.75, 3.05) is 10.6 Å². The predicted molar refractivity (Wildman–Crippen MR) is 106 cm³/mol. The summed E-state index contributed by atoms with van der Waals surface area (Å²) in [7, 11) is 0. The van der Waals surface area contributed by atoms with E-state index in [-0.39, 0.29) is 17.5 Å². The van der Waals surface area contributed by atoms with Gasteiger partial charge in [-0.1, -0.05) is 12.8 Å². The fourth-order valence-corrected chi connectivity index (χ4v) is 3.34. The molecule has 1 atom stereocenters. The first-order valence-corrected chi connectivity index (χ1v) is 9.61. The summed E-state index contributed by atoms with van der Waals surface area (Å²) in [5.74, 6) is -1.32. The molecule has 0 radical (unpaired) electrons. The summed E-state index contributed by atoms with van der Waals surface area (Å²) in [6.45, 7) is 3.22. The summed E-state index contributed by atoms with van der Waals surface area (Å²) >= 11 is 0. The molecular formula is C21H24FN3O4. The quantitative estimate of drug-likeness (QED) is 0.688. The van der Waals surface area contributed by atoms with E-state index < -0.39 is 23.7 Å². The number of amides is 3. The van der Waals surface area contributed by atoms with Crippen LogP contribution in [0.2, 0.25) is 0 Å². The summed E-state index contributed by atoms with van der Waals surface area (Å²) in [5.41, 5.74) is 0.524. The van der Waals surface area contributed by atoms with Gasteiger partial charge in [-0.3, -0.25) is 14.4 Å². The third-order valence-corrected chi connectivity index (χ3v) is 5.06. The Kier molecular flexibility index (Phi) is 6.31. The second-order valence-electron chi connectivity index (χ2n) is 7.24. The second-order valence-corrected chi connectivity index (χ2v) is 7.24. The minimum Gasteiger partial charge on any atom is -0.469 e. The zero-order valence-corrected chi connectivity index (χ0v) is 16.4. The van der Waals surface area contributed by atoms with Crippen LogP contribution in [-0.4, -0.2) is 23.8 Å². The molecule has 0 saturated heterocycles. The maximum atomic E-state index is 14.1. The third kappa shape index (κ3) is 5.01. The minimum absolute atomic E-state index is 0.0377. The number of anilines is 2. The topological polar surface area (TPSA) is 100 Å². The van der Waals surface area contributed by atoms with Crippen LogP contribution in [0.1, 0.15) is 48.7 Å². The summed E-state index contributed by atoms with van der Waals surface area (Å²) in [5, 5.41) is 7.82. The van der Waals surface area contributed by atoms with Crippen molar-refractivity contribution in [3.8, 4) is 0 Å². The van der Waals surface area contributed by atoms with Gasteiger partial charge in [0.25, 0.3) is 5.91 Å². The molecule has 154 valence electrons. The Morgan fingerprint density at radius 2 is 1.86 bits per heavy atom. The van der Waals surface area contributed by atoms with Crippen molar-refractivity contribution < 1.29 is 23.2 Å². The van der Waals surface area contributed by atoms with Crippen LogP contribution in [-0.2, 0) is 9.59 Å². The van der Waals surface area contributed by atoms with Crippen molar-refractivity contribution in [2.24, 2.45) is 5.92 Å². The molecule has 3 N–H and O–H groups in total. The highest BCUT2D eigenvalue weighted by Gasteiger charge is 2.25. The molecule has 1 heterocycles. The number of hydrogen-bond donors (Lipinski definition) is 3. The van der Waals surface area contributed by atoms with Gasteiger partial charge in [-0.2, -0.15) is 0 Å². The van der Waals surface area contributed by atoms with Gasteiger partial charge in [0.05, 0.1) is 17.5 Å². The maximum Gasteiger partial charge on any atom is 0.259 e. The van der Waals surface area contributed by atoms with Crippen molar-refractivity contribution in [1.82, 2.24) is 5.32 Å². The molecule has 1 aliphatic carbocycles. The van der Waals surface area contributed by atoms with Crippen LogP contribution in [0.25, 0.3) is 0 Å². The average molecular weight is 401 g/mol. The highest BCUT2D eigenvalue weighted by molar-refractivity contribution is 6.05. The molecule has 1 fully saturated rings. The van der Waals surface area contributed by atoms with E-state index in [1.807, 2.05) is 0 Å². The molecule has 7 nitrogen and oxygen atoms in total. The molecule has 1 aromatic carbocycles. The van der Waals surface area contributed by atoms with Crippen molar-refractivity contribution >= 4 is 29.1 Å². The van der Waals surface area contributed by atoms with Gasteiger partial charge in [-0.15, -0.1) is 0 Å². The number of halogens is 1. The number of furan rings is 1. The number of rotatable bonds is 6. The number of carbonyl (C=O) groups excluding carboxylic acids is 3. The first kappa shape index (κ1) is 20.6. The Balaban J connectivity index is 1.62. The van der Waals surface area contributed by atoms with Crippen LogP contribution in [0.15, 0.2) is 34.9 Å². The van der Waals surface area contributed by atoms with Gasteiger partial charge in [0.15, 0.2) is 0 Å².